The average molecular weight is 272 g/mol. The largest absolute Gasteiger partial charge is 0.480 e. The molecule has 0 bridgehead atoms. The zero-order chi connectivity index (χ0) is 14.0. The van der Waals surface area contributed by atoms with Crippen LogP contribution in [0.1, 0.15) is 19.8 Å². The number of carboxylic acids is 1. The molecule has 2 aliphatic rings. The Labute approximate surface area is 111 Å². The molecule has 7 nitrogen and oxygen atoms in total. The van der Waals surface area contributed by atoms with E-state index in [1.807, 2.05) is 6.92 Å². The van der Waals surface area contributed by atoms with Gasteiger partial charge in [0, 0.05) is 25.6 Å². The number of likely N-dealkylation sites (tertiary alicyclic amines) is 1. The number of amides is 2. The number of hydrogen-bond donors (Lipinski definition) is 3. The number of ether oxygens (including phenoxy) is 1. The van der Waals surface area contributed by atoms with Crippen LogP contribution in [0.2, 0.25) is 0 Å². The molecule has 0 aromatic heterocycles. The van der Waals surface area contributed by atoms with E-state index in [-0.39, 0.29) is 24.9 Å². The highest BCUT2D eigenvalue weighted by Crippen LogP contribution is 2.20. The van der Waals surface area contributed by atoms with Crippen molar-refractivity contribution in [3.8, 4) is 0 Å². The summed E-state index contributed by atoms with van der Waals surface area (Å²) in [6.45, 7) is 3.24. The fraction of sp³-hybridized carbons (Fsp3) is 0.833. The van der Waals surface area contributed by atoms with Crippen LogP contribution in [0.3, 0.4) is 0 Å². The van der Waals surface area contributed by atoms with Gasteiger partial charge in [-0.1, -0.05) is 6.92 Å². The van der Waals surface area contributed by atoms with Crippen molar-refractivity contribution in [2.45, 2.75) is 38.0 Å². The number of aliphatic hydroxyl groups is 1. The molecular weight excluding hydrogens is 252 g/mol. The molecule has 7 heteroatoms. The van der Waals surface area contributed by atoms with Crippen LogP contribution < -0.4 is 5.32 Å². The highest BCUT2D eigenvalue weighted by atomic mass is 16.5. The van der Waals surface area contributed by atoms with Crippen molar-refractivity contribution in [1.82, 2.24) is 10.2 Å². The van der Waals surface area contributed by atoms with E-state index in [4.69, 9.17) is 9.84 Å². The van der Waals surface area contributed by atoms with Gasteiger partial charge in [-0.05, 0) is 12.3 Å². The lowest BCUT2D eigenvalue weighted by Gasteiger charge is -2.32. The van der Waals surface area contributed by atoms with Gasteiger partial charge in [-0.15, -0.1) is 0 Å². The van der Waals surface area contributed by atoms with Gasteiger partial charge in [-0.3, -0.25) is 0 Å². The maximum absolute atomic E-state index is 12.1. The third kappa shape index (κ3) is 3.16. The van der Waals surface area contributed by atoms with Gasteiger partial charge in [0.25, 0.3) is 0 Å². The number of hydrogen-bond acceptors (Lipinski definition) is 4. The summed E-state index contributed by atoms with van der Waals surface area (Å²) in [6.07, 6.45) is 0.0478. The number of nitrogens with one attached hydrogen (secondary N) is 1. The summed E-state index contributed by atoms with van der Waals surface area (Å²) in [6, 6.07) is -1.36. The van der Waals surface area contributed by atoms with E-state index in [9.17, 15) is 14.7 Å². The van der Waals surface area contributed by atoms with Crippen molar-refractivity contribution in [2.24, 2.45) is 5.92 Å². The van der Waals surface area contributed by atoms with Crippen LogP contribution in [0.25, 0.3) is 0 Å². The van der Waals surface area contributed by atoms with Gasteiger partial charge in [0.1, 0.15) is 6.04 Å². The van der Waals surface area contributed by atoms with E-state index in [0.717, 1.165) is 6.42 Å². The Morgan fingerprint density at radius 3 is 2.79 bits per heavy atom. The number of β-amino-alcohol motifs (C(OH)–C–C–N with tert-alkyl or cyclic N) is 1. The monoisotopic (exact) mass is 272 g/mol. The van der Waals surface area contributed by atoms with E-state index in [1.54, 1.807) is 0 Å². The zero-order valence-electron chi connectivity index (χ0n) is 10.9. The summed E-state index contributed by atoms with van der Waals surface area (Å²) >= 11 is 0. The average Bonchev–Trinajstić information content (AvgIpc) is 2.74. The van der Waals surface area contributed by atoms with Crippen molar-refractivity contribution < 1.29 is 24.5 Å². The zero-order valence-corrected chi connectivity index (χ0v) is 10.9. The summed E-state index contributed by atoms with van der Waals surface area (Å²) in [5.41, 5.74) is 0. The number of carboxylic acid groups (broad SMARTS) is 1. The third-order valence-corrected chi connectivity index (χ3v) is 3.77. The number of urea groups is 1. The van der Waals surface area contributed by atoms with Crippen LogP contribution in [0.4, 0.5) is 4.79 Å². The van der Waals surface area contributed by atoms with Crippen molar-refractivity contribution in [2.75, 3.05) is 19.8 Å². The smallest absolute Gasteiger partial charge is 0.326 e. The van der Waals surface area contributed by atoms with Gasteiger partial charge < -0.3 is 25.2 Å². The Bertz CT molecular complexity index is 362. The highest BCUT2D eigenvalue weighted by molar-refractivity contribution is 5.83. The van der Waals surface area contributed by atoms with E-state index in [0.29, 0.717) is 13.2 Å². The standard InChI is InChI=1S/C12H20N2O5/c1-7-6-19-3-2-9(7)13-12(18)14-5-8(15)4-10(14)11(16)17/h7-10,15H,2-6H2,1H3,(H,13,18)(H,16,17). The number of carbonyl (C=O) groups excluding carboxylic acids is 1. The molecule has 0 aromatic rings. The van der Waals surface area contributed by atoms with Crippen molar-refractivity contribution in [1.29, 1.82) is 0 Å². The predicted molar refractivity (Wildman–Crippen MR) is 65.7 cm³/mol. The second-order valence-corrected chi connectivity index (χ2v) is 5.29. The summed E-state index contributed by atoms with van der Waals surface area (Å²) in [5.74, 6) is -0.875. The molecule has 19 heavy (non-hydrogen) atoms. The van der Waals surface area contributed by atoms with Gasteiger partial charge in [0.05, 0.1) is 12.7 Å². The summed E-state index contributed by atoms with van der Waals surface area (Å²) in [4.78, 5) is 24.4. The minimum atomic E-state index is -1.08. The van der Waals surface area contributed by atoms with Gasteiger partial charge in [0.2, 0.25) is 0 Å². The van der Waals surface area contributed by atoms with Crippen LogP contribution in [0, 0.1) is 5.92 Å². The first-order chi connectivity index (χ1) is 8.99. The molecule has 4 unspecified atom stereocenters. The van der Waals surface area contributed by atoms with E-state index in [1.165, 1.54) is 4.90 Å². The Kier molecular flexibility index (Phi) is 4.26. The van der Waals surface area contributed by atoms with Gasteiger partial charge in [-0.2, -0.15) is 0 Å². The fourth-order valence-electron chi connectivity index (χ4n) is 2.61. The van der Waals surface area contributed by atoms with E-state index >= 15 is 0 Å². The summed E-state index contributed by atoms with van der Waals surface area (Å²) < 4.78 is 5.30. The molecule has 2 fully saturated rings. The SMILES string of the molecule is CC1COCCC1NC(=O)N1CC(O)CC1C(=O)O. The van der Waals surface area contributed by atoms with Crippen LogP contribution in [0.5, 0.6) is 0 Å². The van der Waals surface area contributed by atoms with Crippen LogP contribution >= 0.6 is 0 Å². The van der Waals surface area contributed by atoms with Crippen molar-refractivity contribution >= 4 is 12.0 Å². The topological polar surface area (TPSA) is 99.1 Å². The molecule has 0 aromatic carbocycles. The molecule has 2 rings (SSSR count). The number of rotatable bonds is 2. The second kappa shape index (κ2) is 5.75. The lowest BCUT2D eigenvalue weighted by molar-refractivity contribution is -0.141. The molecule has 0 spiro atoms. The quantitative estimate of drug-likeness (QED) is 0.637. The normalized spacial score (nSPS) is 35.2. The molecular formula is C12H20N2O5. The molecule has 0 saturated carbocycles. The van der Waals surface area contributed by atoms with Crippen molar-refractivity contribution in [3.63, 3.8) is 0 Å². The van der Waals surface area contributed by atoms with Crippen molar-refractivity contribution in [3.05, 3.63) is 0 Å². The third-order valence-electron chi connectivity index (χ3n) is 3.77. The molecule has 2 aliphatic heterocycles. The van der Waals surface area contributed by atoms with Crippen LogP contribution in [-0.2, 0) is 9.53 Å². The molecule has 108 valence electrons. The lowest BCUT2D eigenvalue weighted by Crippen LogP contribution is -2.52. The number of nitrogens with zero attached hydrogens (tertiary/aromatic N) is 1. The minimum Gasteiger partial charge on any atom is -0.480 e. The fourth-order valence-corrected chi connectivity index (χ4v) is 2.61. The first-order valence-electron chi connectivity index (χ1n) is 6.54. The second-order valence-electron chi connectivity index (χ2n) is 5.29. The maximum Gasteiger partial charge on any atom is 0.326 e. The summed E-state index contributed by atoms with van der Waals surface area (Å²) in [7, 11) is 0. The molecule has 2 saturated heterocycles. The molecule has 0 aliphatic carbocycles. The Hall–Kier alpha value is -1.34. The number of aliphatic carboxylic acids is 1. The maximum atomic E-state index is 12.1. The Balaban J connectivity index is 1.96. The molecule has 2 amide bonds. The van der Waals surface area contributed by atoms with Crippen LogP contribution in [-0.4, -0.2) is 65.1 Å². The Morgan fingerprint density at radius 1 is 1.42 bits per heavy atom. The number of aliphatic hydroxyl groups excluding tert-OH is 1. The van der Waals surface area contributed by atoms with Gasteiger partial charge in [-0.25, -0.2) is 9.59 Å². The Morgan fingerprint density at radius 2 is 2.16 bits per heavy atom. The first kappa shape index (κ1) is 14.1. The van der Waals surface area contributed by atoms with Crippen LogP contribution in [0.15, 0.2) is 0 Å². The molecule has 3 N–H and O–H groups in total. The summed E-state index contributed by atoms with van der Waals surface area (Å²) in [5, 5.41) is 21.4. The highest BCUT2D eigenvalue weighted by Gasteiger charge is 2.39. The van der Waals surface area contributed by atoms with Gasteiger partial charge in [0.15, 0.2) is 0 Å². The predicted octanol–water partition coefficient (Wildman–Crippen LogP) is -0.359. The number of carbonyl (C=O) groups is 2. The first-order valence-corrected chi connectivity index (χ1v) is 6.54. The lowest BCUT2D eigenvalue weighted by atomic mass is 9.98. The molecule has 4 atom stereocenters. The van der Waals surface area contributed by atoms with E-state index < -0.39 is 24.1 Å². The van der Waals surface area contributed by atoms with E-state index in [2.05, 4.69) is 5.32 Å². The van der Waals surface area contributed by atoms with Gasteiger partial charge >= 0.3 is 12.0 Å². The molecule has 0 radical (unpaired) electrons. The minimum absolute atomic E-state index is 0.00608. The molecule has 2 heterocycles.